The molecule has 0 saturated carbocycles. The third kappa shape index (κ3) is 1.34. The van der Waals surface area contributed by atoms with E-state index in [1.54, 1.807) is 0 Å². The summed E-state index contributed by atoms with van der Waals surface area (Å²) in [4.78, 5) is 9.33. The van der Waals surface area contributed by atoms with Gasteiger partial charge in [0.15, 0.2) is 6.17 Å². The zero-order chi connectivity index (χ0) is 9.30. The number of halogens is 2. The van der Waals surface area contributed by atoms with E-state index in [0.29, 0.717) is 0 Å². The van der Waals surface area contributed by atoms with Crippen LogP contribution in [0.1, 0.15) is 6.92 Å². The monoisotopic (exact) mass is 175 g/mol. The van der Waals surface area contributed by atoms with Crippen molar-refractivity contribution in [3.63, 3.8) is 0 Å². The van der Waals surface area contributed by atoms with Crippen LogP contribution in [0.2, 0.25) is 0 Å². The fourth-order valence-electron chi connectivity index (χ4n) is 0.966. The van der Waals surface area contributed by atoms with Crippen LogP contribution in [0.25, 0.3) is 0 Å². The Hall–Kier alpha value is -1.26. The largest absolute Gasteiger partial charge is 0.280 e. The maximum Gasteiger partial charge on any atom is 0.280 e. The second-order valence-electron chi connectivity index (χ2n) is 2.59. The van der Waals surface area contributed by atoms with Crippen LogP contribution in [-0.2, 0) is 0 Å². The first kappa shape index (κ1) is 8.83. The minimum atomic E-state index is -1.84. The average molecular weight is 175 g/mol. The molecule has 0 aliphatic heterocycles. The number of hydrogen-bond donors (Lipinski definition) is 0. The number of rotatable bonds is 1. The number of nitro groups is 1. The average Bonchev–Trinajstić information content (AvgIpc) is 2.00. The van der Waals surface area contributed by atoms with Gasteiger partial charge in [-0.3, -0.25) is 10.1 Å². The van der Waals surface area contributed by atoms with Crippen LogP contribution in [-0.4, -0.2) is 11.1 Å². The molecule has 0 aromatic rings. The second-order valence-corrected chi connectivity index (χ2v) is 2.59. The summed E-state index contributed by atoms with van der Waals surface area (Å²) in [5, 5.41) is 10.2. The van der Waals surface area contributed by atoms with Crippen LogP contribution in [0.4, 0.5) is 8.78 Å². The van der Waals surface area contributed by atoms with Crippen molar-refractivity contribution in [3.8, 4) is 0 Å². The van der Waals surface area contributed by atoms with E-state index >= 15 is 0 Å². The topological polar surface area (TPSA) is 43.1 Å². The molecule has 5 heteroatoms. The Bertz CT molecular complexity index is 273. The van der Waals surface area contributed by atoms with Crippen LogP contribution in [0.3, 0.4) is 0 Å². The van der Waals surface area contributed by atoms with Crippen LogP contribution >= 0.6 is 0 Å². The number of hydrogen-bond acceptors (Lipinski definition) is 2. The van der Waals surface area contributed by atoms with E-state index in [9.17, 15) is 18.9 Å². The van der Waals surface area contributed by atoms with Crippen LogP contribution in [0.5, 0.6) is 0 Å². The summed E-state index contributed by atoms with van der Waals surface area (Å²) < 4.78 is 25.6. The van der Waals surface area contributed by atoms with Crippen molar-refractivity contribution in [2.75, 3.05) is 0 Å². The van der Waals surface area contributed by atoms with Crippen LogP contribution in [0.15, 0.2) is 23.7 Å². The summed E-state index contributed by atoms with van der Waals surface area (Å²) in [5.74, 6) is -1.71. The van der Waals surface area contributed by atoms with Gasteiger partial charge in [0.1, 0.15) is 5.83 Å². The molecule has 0 heterocycles. The molecule has 66 valence electrons. The summed E-state index contributed by atoms with van der Waals surface area (Å²) >= 11 is 0. The van der Waals surface area contributed by atoms with E-state index < -0.39 is 28.5 Å². The normalized spacial score (nSPS) is 29.2. The quantitative estimate of drug-likeness (QED) is 0.451. The zero-order valence-corrected chi connectivity index (χ0v) is 6.33. The Labute approximate surface area is 67.5 Å². The van der Waals surface area contributed by atoms with Crippen LogP contribution < -0.4 is 0 Å². The van der Waals surface area contributed by atoms with Gasteiger partial charge in [0.2, 0.25) is 0 Å². The van der Waals surface area contributed by atoms with Gasteiger partial charge in [0, 0.05) is 12.0 Å². The molecule has 0 saturated heterocycles. The van der Waals surface area contributed by atoms with Crippen molar-refractivity contribution in [1.82, 2.24) is 0 Å². The highest BCUT2D eigenvalue weighted by Gasteiger charge is 2.34. The van der Waals surface area contributed by atoms with Gasteiger partial charge in [-0.05, 0) is 6.08 Å². The first-order valence-electron chi connectivity index (χ1n) is 3.39. The molecule has 1 aliphatic carbocycles. The first-order valence-corrected chi connectivity index (χ1v) is 3.39. The van der Waals surface area contributed by atoms with Gasteiger partial charge in [0.05, 0.1) is 4.92 Å². The van der Waals surface area contributed by atoms with Gasteiger partial charge in [0.25, 0.3) is 5.70 Å². The van der Waals surface area contributed by atoms with Gasteiger partial charge >= 0.3 is 0 Å². The van der Waals surface area contributed by atoms with E-state index in [1.165, 1.54) is 6.92 Å². The van der Waals surface area contributed by atoms with E-state index in [4.69, 9.17) is 0 Å². The van der Waals surface area contributed by atoms with E-state index in [0.717, 1.165) is 12.2 Å². The van der Waals surface area contributed by atoms with Gasteiger partial charge in [-0.25, -0.2) is 8.78 Å². The zero-order valence-electron chi connectivity index (χ0n) is 6.33. The van der Waals surface area contributed by atoms with Crippen molar-refractivity contribution in [1.29, 1.82) is 0 Å². The highest BCUT2D eigenvalue weighted by atomic mass is 19.1. The van der Waals surface area contributed by atoms with Gasteiger partial charge in [-0.2, -0.15) is 0 Å². The molecule has 0 fully saturated rings. The number of alkyl halides is 1. The minimum Gasteiger partial charge on any atom is -0.259 e. The molecular weight excluding hydrogens is 168 g/mol. The lowest BCUT2D eigenvalue weighted by Gasteiger charge is -2.15. The van der Waals surface area contributed by atoms with Crippen molar-refractivity contribution in [2.24, 2.45) is 5.92 Å². The summed E-state index contributed by atoms with van der Waals surface area (Å²) in [5.41, 5.74) is -0.580. The molecule has 0 radical (unpaired) electrons. The molecule has 0 amide bonds. The second kappa shape index (κ2) is 3.00. The highest BCUT2D eigenvalue weighted by Crippen LogP contribution is 2.28. The van der Waals surface area contributed by atoms with Gasteiger partial charge in [-0.15, -0.1) is 0 Å². The molecule has 0 N–H and O–H groups in total. The van der Waals surface area contributed by atoms with Crippen molar-refractivity contribution < 1.29 is 13.7 Å². The standard InChI is InChI=1S/C7H7F2NO2/c1-4-5(8)2-3-6(7(4)9)10(11)12/h2-4,7H,1H3. The van der Waals surface area contributed by atoms with E-state index in [2.05, 4.69) is 0 Å². The maximum absolute atomic E-state index is 13.0. The molecule has 3 nitrogen and oxygen atoms in total. The molecule has 0 spiro atoms. The third-order valence-corrected chi connectivity index (χ3v) is 1.78. The van der Waals surface area contributed by atoms with Crippen molar-refractivity contribution in [3.05, 3.63) is 33.8 Å². The summed E-state index contributed by atoms with van der Waals surface area (Å²) in [6, 6.07) is 0. The molecule has 0 bridgehead atoms. The Kier molecular flexibility index (Phi) is 2.21. The molecule has 0 aromatic carbocycles. The van der Waals surface area contributed by atoms with Gasteiger partial charge < -0.3 is 0 Å². The summed E-state index contributed by atoms with van der Waals surface area (Å²) in [6.45, 7) is 1.27. The fraction of sp³-hybridized carbons (Fsp3) is 0.429. The molecular formula is C7H7F2NO2. The lowest BCUT2D eigenvalue weighted by molar-refractivity contribution is -0.435. The SMILES string of the molecule is CC1C(F)=CC=C([N+](=O)[O-])C1F. The lowest BCUT2D eigenvalue weighted by Crippen LogP contribution is -2.23. The molecule has 1 rings (SSSR count). The first-order chi connectivity index (χ1) is 5.54. The maximum atomic E-state index is 13.0. The smallest absolute Gasteiger partial charge is 0.259 e. The predicted octanol–water partition coefficient (Wildman–Crippen LogP) is 1.99. The van der Waals surface area contributed by atoms with Crippen LogP contribution in [0, 0.1) is 16.0 Å². The van der Waals surface area contributed by atoms with Crippen molar-refractivity contribution in [2.45, 2.75) is 13.1 Å². The van der Waals surface area contributed by atoms with E-state index in [-0.39, 0.29) is 0 Å². The van der Waals surface area contributed by atoms with Crippen molar-refractivity contribution >= 4 is 0 Å². The summed E-state index contributed by atoms with van der Waals surface area (Å²) in [6.07, 6.45) is -0.0520. The fourth-order valence-corrected chi connectivity index (χ4v) is 0.966. The number of allylic oxidation sites excluding steroid dienone is 4. The Morgan fingerprint density at radius 2 is 2.17 bits per heavy atom. The molecule has 1 aliphatic rings. The third-order valence-electron chi connectivity index (χ3n) is 1.78. The summed E-state index contributed by atoms with van der Waals surface area (Å²) in [7, 11) is 0. The predicted molar refractivity (Wildman–Crippen MR) is 38.3 cm³/mol. The molecule has 2 atom stereocenters. The van der Waals surface area contributed by atoms with E-state index in [1.807, 2.05) is 0 Å². The number of nitrogens with zero attached hydrogens (tertiary/aromatic N) is 1. The highest BCUT2D eigenvalue weighted by molar-refractivity contribution is 5.22. The van der Waals surface area contributed by atoms with Gasteiger partial charge in [-0.1, -0.05) is 6.92 Å². The Morgan fingerprint density at radius 1 is 1.58 bits per heavy atom. The minimum absolute atomic E-state index is 0.580. The molecule has 0 aromatic heterocycles. The lowest BCUT2D eigenvalue weighted by atomic mass is 9.97. The molecule has 2 unspecified atom stereocenters. The Morgan fingerprint density at radius 3 is 2.67 bits per heavy atom. The Balaban J connectivity index is 2.97. The molecule has 12 heavy (non-hydrogen) atoms.